The van der Waals surface area contributed by atoms with E-state index in [1.54, 1.807) is 43.4 Å². The lowest BCUT2D eigenvalue weighted by Crippen LogP contribution is -2.35. The summed E-state index contributed by atoms with van der Waals surface area (Å²) in [4.78, 5) is 19.7. The summed E-state index contributed by atoms with van der Waals surface area (Å²) in [6.07, 6.45) is 1.04. The quantitative estimate of drug-likeness (QED) is 0.277. The molecule has 0 saturated carbocycles. The maximum Gasteiger partial charge on any atom is 0.255 e. The lowest BCUT2D eigenvalue weighted by molar-refractivity contribution is 0.0756. The minimum Gasteiger partial charge on any atom is -0.493 e. The number of carbonyl (C=O) groups excluding carboxylic acids is 1. The Morgan fingerprint density at radius 2 is 1.67 bits per heavy atom. The van der Waals surface area contributed by atoms with E-state index in [0.717, 1.165) is 16.7 Å². The highest BCUT2D eigenvalue weighted by Crippen LogP contribution is 2.28. The largest absolute Gasteiger partial charge is 0.493 e. The number of hydrogen-bond acceptors (Lipinski definition) is 6. The summed E-state index contributed by atoms with van der Waals surface area (Å²) < 4.78 is 16.2. The maximum atomic E-state index is 13.4. The number of ether oxygens (including phenoxy) is 2. The van der Waals surface area contributed by atoms with E-state index in [2.05, 4.69) is 10.1 Å². The minimum atomic E-state index is -0.153. The van der Waals surface area contributed by atoms with Crippen molar-refractivity contribution < 1.29 is 18.8 Å². The molecule has 8 heteroatoms. The van der Waals surface area contributed by atoms with Gasteiger partial charge in [-0.25, -0.2) is 0 Å². The van der Waals surface area contributed by atoms with Crippen LogP contribution in [0.15, 0.2) is 71.3 Å². The first-order chi connectivity index (χ1) is 17.5. The van der Waals surface area contributed by atoms with Gasteiger partial charge in [0.25, 0.3) is 5.91 Å². The van der Waals surface area contributed by atoms with Crippen LogP contribution >= 0.6 is 11.6 Å². The first-order valence-corrected chi connectivity index (χ1v) is 12.0. The van der Waals surface area contributed by atoms with Crippen LogP contribution in [0.5, 0.6) is 11.5 Å². The second-order valence-electron chi connectivity index (χ2n) is 8.34. The van der Waals surface area contributed by atoms with E-state index >= 15 is 0 Å². The van der Waals surface area contributed by atoms with Gasteiger partial charge in [0.1, 0.15) is 0 Å². The highest BCUT2D eigenvalue weighted by atomic mass is 35.5. The van der Waals surface area contributed by atoms with Crippen molar-refractivity contribution in [1.82, 2.24) is 15.0 Å². The van der Waals surface area contributed by atoms with Crippen LogP contribution in [-0.4, -0.2) is 48.3 Å². The molecule has 0 atom stereocenters. The zero-order valence-corrected chi connectivity index (χ0v) is 21.3. The molecule has 186 valence electrons. The molecule has 0 unspecified atom stereocenters. The molecule has 0 aliphatic heterocycles. The second-order valence-corrected chi connectivity index (χ2v) is 8.75. The van der Waals surface area contributed by atoms with Crippen molar-refractivity contribution in [1.29, 1.82) is 0 Å². The smallest absolute Gasteiger partial charge is 0.255 e. The van der Waals surface area contributed by atoms with Crippen LogP contribution in [0.2, 0.25) is 5.02 Å². The summed E-state index contributed by atoms with van der Waals surface area (Å²) in [6.45, 7) is 2.89. The van der Waals surface area contributed by atoms with E-state index in [9.17, 15) is 4.79 Å². The molecule has 0 aliphatic rings. The van der Waals surface area contributed by atoms with E-state index in [-0.39, 0.29) is 5.91 Å². The molecule has 0 saturated heterocycles. The fraction of sp³-hybridized carbons (Fsp3) is 0.250. The van der Waals surface area contributed by atoms with Gasteiger partial charge in [-0.1, -0.05) is 64.8 Å². The fourth-order valence-electron chi connectivity index (χ4n) is 3.83. The predicted octanol–water partition coefficient (Wildman–Crippen LogP) is 5.64. The molecule has 0 fully saturated rings. The zero-order chi connectivity index (χ0) is 25.5. The van der Waals surface area contributed by atoms with Gasteiger partial charge >= 0.3 is 0 Å². The Labute approximate surface area is 215 Å². The summed E-state index contributed by atoms with van der Waals surface area (Å²) in [5.41, 5.74) is 3.51. The lowest BCUT2D eigenvalue weighted by atomic mass is 10.1. The average Bonchev–Trinajstić information content (AvgIpc) is 3.38. The molecule has 36 heavy (non-hydrogen) atoms. The molecule has 1 amide bonds. The van der Waals surface area contributed by atoms with Gasteiger partial charge in [0.15, 0.2) is 11.5 Å². The van der Waals surface area contributed by atoms with Crippen molar-refractivity contribution in [2.45, 2.75) is 19.8 Å². The molecule has 7 nitrogen and oxygen atoms in total. The molecular formula is C28H28ClN3O4. The van der Waals surface area contributed by atoms with Gasteiger partial charge in [0.05, 0.1) is 24.8 Å². The highest BCUT2D eigenvalue weighted by molar-refractivity contribution is 6.33. The number of amides is 1. The Kier molecular flexibility index (Phi) is 8.23. The Hall–Kier alpha value is -3.84. The Morgan fingerprint density at radius 1 is 0.944 bits per heavy atom. The standard InChI is InChI=1S/C28H28ClN3O4/c1-19-8-11-21(12-9-19)27-30-26(36-31-27)15-17-32(28(33)22-6-4-5-7-23(22)29)16-14-20-10-13-24(34-2)25(18-20)35-3/h4-13,18H,14-17H2,1-3H3. The number of nitrogens with zero attached hydrogens (tertiary/aromatic N) is 3. The predicted molar refractivity (Wildman–Crippen MR) is 139 cm³/mol. The topological polar surface area (TPSA) is 77.7 Å². The summed E-state index contributed by atoms with van der Waals surface area (Å²) in [6, 6.07) is 20.7. The number of hydrogen-bond donors (Lipinski definition) is 0. The van der Waals surface area contributed by atoms with Gasteiger partial charge < -0.3 is 18.9 Å². The number of halogens is 1. The molecule has 0 bridgehead atoms. The van der Waals surface area contributed by atoms with E-state index in [0.29, 0.717) is 59.7 Å². The molecule has 0 radical (unpaired) electrons. The fourth-order valence-corrected chi connectivity index (χ4v) is 4.04. The van der Waals surface area contributed by atoms with Crippen LogP contribution in [0.25, 0.3) is 11.4 Å². The third-order valence-corrected chi connectivity index (χ3v) is 6.21. The number of benzene rings is 3. The van der Waals surface area contributed by atoms with Gasteiger partial charge in [-0.2, -0.15) is 4.98 Å². The highest BCUT2D eigenvalue weighted by Gasteiger charge is 2.20. The average molecular weight is 506 g/mol. The van der Waals surface area contributed by atoms with E-state index in [1.807, 2.05) is 49.4 Å². The van der Waals surface area contributed by atoms with Crippen LogP contribution < -0.4 is 9.47 Å². The zero-order valence-electron chi connectivity index (χ0n) is 20.5. The number of methoxy groups -OCH3 is 2. The van der Waals surface area contributed by atoms with Gasteiger partial charge in [-0.05, 0) is 43.2 Å². The number of carbonyl (C=O) groups is 1. The third-order valence-electron chi connectivity index (χ3n) is 5.88. The van der Waals surface area contributed by atoms with Gasteiger partial charge in [0, 0.05) is 25.1 Å². The summed E-state index contributed by atoms with van der Waals surface area (Å²) in [5, 5.41) is 4.52. The number of aromatic nitrogens is 2. The maximum absolute atomic E-state index is 13.4. The van der Waals surface area contributed by atoms with E-state index in [4.69, 9.17) is 25.6 Å². The van der Waals surface area contributed by atoms with Crippen molar-refractivity contribution in [3.63, 3.8) is 0 Å². The minimum absolute atomic E-state index is 0.153. The van der Waals surface area contributed by atoms with Crippen molar-refractivity contribution in [3.05, 3.63) is 94.3 Å². The monoisotopic (exact) mass is 505 g/mol. The van der Waals surface area contributed by atoms with Gasteiger partial charge in [0.2, 0.25) is 11.7 Å². The van der Waals surface area contributed by atoms with E-state index in [1.165, 1.54) is 0 Å². The molecular weight excluding hydrogens is 478 g/mol. The normalized spacial score (nSPS) is 10.8. The van der Waals surface area contributed by atoms with Crippen molar-refractivity contribution in [2.75, 3.05) is 27.3 Å². The summed E-state index contributed by atoms with van der Waals surface area (Å²) >= 11 is 6.33. The van der Waals surface area contributed by atoms with Crippen molar-refractivity contribution in [3.8, 4) is 22.9 Å². The Bertz CT molecular complexity index is 1320. The Balaban J connectivity index is 1.50. The summed E-state index contributed by atoms with van der Waals surface area (Å²) in [5.74, 6) is 2.15. The van der Waals surface area contributed by atoms with Crippen LogP contribution in [-0.2, 0) is 12.8 Å². The molecule has 3 aromatic carbocycles. The van der Waals surface area contributed by atoms with Crippen LogP contribution in [0.3, 0.4) is 0 Å². The first kappa shape index (κ1) is 25.3. The van der Waals surface area contributed by atoms with Gasteiger partial charge in [-0.15, -0.1) is 0 Å². The molecule has 0 N–H and O–H groups in total. The summed E-state index contributed by atoms with van der Waals surface area (Å²) in [7, 11) is 3.20. The molecule has 4 aromatic rings. The molecule has 4 rings (SSSR count). The van der Waals surface area contributed by atoms with Crippen LogP contribution in [0.1, 0.15) is 27.4 Å². The SMILES string of the molecule is COc1ccc(CCN(CCc2nc(-c3ccc(C)cc3)no2)C(=O)c2ccccc2Cl)cc1OC. The number of rotatable bonds is 10. The van der Waals surface area contributed by atoms with Crippen molar-refractivity contribution >= 4 is 17.5 Å². The molecule has 0 aliphatic carbocycles. The van der Waals surface area contributed by atoms with Crippen molar-refractivity contribution in [2.24, 2.45) is 0 Å². The molecule has 1 aromatic heterocycles. The second kappa shape index (κ2) is 11.7. The van der Waals surface area contributed by atoms with Gasteiger partial charge in [-0.3, -0.25) is 4.79 Å². The van der Waals surface area contributed by atoms with E-state index < -0.39 is 0 Å². The van der Waals surface area contributed by atoms with Crippen LogP contribution in [0, 0.1) is 6.92 Å². The lowest BCUT2D eigenvalue weighted by Gasteiger charge is -2.23. The van der Waals surface area contributed by atoms with Crippen LogP contribution in [0.4, 0.5) is 0 Å². The molecule has 0 spiro atoms. The Morgan fingerprint density at radius 3 is 2.39 bits per heavy atom. The third kappa shape index (κ3) is 6.04. The first-order valence-electron chi connectivity index (χ1n) is 11.6. The molecule has 1 heterocycles. The number of aryl methyl sites for hydroxylation is 1.